The third-order valence-electron chi connectivity index (χ3n) is 7.17. The van der Waals surface area contributed by atoms with Crippen LogP contribution in [0.15, 0.2) is 78.9 Å². The van der Waals surface area contributed by atoms with Gasteiger partial charge in [-0.15, -0.1) is 0 Å². The van der Waals surface area contributed by atoms with Gasteiger partial charge in [-0.05, 0) is 48.2 Å². The first kappa shape index (κ1) is 24.7. The van der Waals surface area contributed by atoms with E-state index in [1.54, 1.807) is 9.80 Å². The molecule has 2 aliphatic heterocycles. The predicted octanol–water partition coefficient (Wildman–Crippen LogP) is 3.27. The first-order chi connectivity index (χ1) is 17.8. The van der Waals surface area contributed by atoms with Crippen LogP contribution in [0.1, 0.15) is 11.1 Å². The Bertz CT molecular complexity index is 1320. The second-order valence-electron chi connectivity index (χ2n) is 10.4. The van der Waals surface area contributed by atoms with E-state index >= 15 is 0 Å². The number of nitrogens with zero attached hydrogens (tertiary/aromatic N) is 4. The molecule has 3 aromatic carbocycles. The van der Waals surface area contributed by atoms with E-state index in [9.17, 15) is 14.4 Å². The lowest BCUT2D eigenvalue weighted by atomic mass is 10.2. The number of para-hydroxylation sites is 3. The van der Waals surface area contributed by atoms with Crippen molar-refractivity contribution in [3.8, 4) is 0 Å². The van der Waals surface area contributed by atoms with Crippen molar-refractivity contribution in [2.24, 2.45) is 0 Å². The quantitative estimate of drug-likeness (QED) is 0.471. The van der Waals surface area contributed by atoms with Crippen LogP contribution in [0.2, 0.25) is 0 Å². The predicted molar refractivity (Wildman–Crippen MR) is 146 cm³/mol. The summed E-state index contributed by atoms with van der Waals surface area (Å²) in [6.45, 7) is 1.51. The van der Waals surface area contributed by atoms with E-state index in [0.29, 0.717) is 18.8 Å². The van der Waals surface area contributed by atoms with Gasteiger partial charge in [-0.2, -0.15) is 0 Å². The number of hydrogen-bond donors (Lipinski definition) is 0. The zero-order valence-electron chi connectivity index (χ0n) is 21.5. The van der Waals surface area contributed by atoms with E-state index in [1.165, 1.54) is 5.56 Å². The maximum absolute atomic E-state index is 13.7. The van der Waals surface area contributed by atoms with Crippen LogP contribution in [-0.4, -0.2) is 69.0 Å². The molecule has 0 bridgehead atoms. The van der Waals surface area contributed by atoms with Crippen molar-refractivity contribution in [1.29, 1.82) is 0 Å². The van der Waals surface area contributed by atoms with Crippen molar-refractivity contribution in [2.45, 2.75) is 12.8 Å². The van der Waals surface area contributed by atoms with Crippen LogP contribution in [0, 0.1) is 0 Å². The van der Waals surface area contributed by atoms with Crippen molar-refractivity contribution >= 4 is 34.8 Å². The van der Waals surface area contributed by atoms with E-state index in [0.717, 1.165) is 29.8 Å². The average Bonchev–Trinajstić information content (AvgIpc) is 3.52. The number of hydrogen-bond acceptors (Lipinski definition) is 3. The molecular weight excluding hydrogens is 464 g/mol. The highest BCUT2D eigenvalue weighted by molar-refractivity contribution is 6.05. The van der Waals surface area contributed by atoms with Gasteiger partial charge in [0.25, 0.3) is 11.8 Å². The third-order valence-corrected chi connectivity index (χ3v) is 7.17. The molecule has 0 saturated carbocycles. The van der Waals surface area contributed by atoms with Crippen LogP contribution in [0.5, 0.6) is 0 Å². The second kappa shape index (κ2) is 10.2. The standard InChI is InChI=1S/C30H33N4O3/c1-34(2,21-29(36)32-19-17-24-11-7-9-15-27(24)32)22-30(37)33(25-12-4-3-5-13-25)20-28(35)31-18-16-23-10-6-8-14-26(23)31/h3-15H,16-22H2,1-2H3/q+1. The number of carbonyl (C=O) groups excluding carboxylic acids is 3. The summed E-state index contributed by atoms with van der Waals surface area (Å²) in [5.74, 6) is -0.303. The molecule has 2 aliphatic rings. The molecule has 0 spiro atoms. The summed E-state index contributed by atoms with van der Waals surface area (Å²) in [6, 6.07) is 25.2. The fourth-order valence-corrected chi connectivity index (χ4v) is 5.31. The van der Waals surface area contributed by atoms with Gasteiger partial charge >= 0.3 is 0 Å². The van der Waals surface area contributed by atoms with Crippen molar-refractivity contribution in [3.63, 3.8) is 0 Å². The average molecular weight is 498 g/mol. The molecule has 3 amide bonds. The largest absolute Gasteiger partial charge is 0.313 e. The van der Waals surface area contributed by atoms with Gasteiger partial charge in [0, 0.05) is 30.2 Å². The number of quaternary nitrogens is 1. The minimum absolute atomic E-state index is 0.00115. The molecule has 7 heteroatoms. The molecular formula is C30H33N4O3+. The number of carbonyl (C=O) groups is 3. The van der Waals surface area contributed by atoms with Crippen molar-refractivity contribution < 1.29 is 18.9 Å². The molecule has 7 nitrogen and oxygen atoms in total. The SMILES string of the molecule is C[N+](C)(CC(=O)N(CC(=O)N1CCc2ccccc21)c1ccccc1)CC(=O)N1CCc2ccccc21. The molecule has 0 atom stereocenters. The number of amides is 3. The zero-order valence-corrected chi connectivity index (χ0v) is 21.5. The monoisotopic (exact) mass is 497 g/mol. The highest BCUT2D eigenvalue weighted by Gasteiger charge is 2.34. The van der Waals surface area contributed by atoms with Gasteiger partial charge in [0.05, 0.1) is 14.1 Å². The third kappa shape index (κ3) is 5.27. The molecule has 0 fully saturated rings. The topological polar surface area (TPSA) is 60.9 Å². The maximum atomic E-state index is 13.7. The summed E-state index contributed by atoms with van der Waals surface area (Å²) in [5, 5.41) is 0. The highest BCUT2D eigenvalue weighted by atomic mass is 16.2. The normalized spacial score (nSPS) is 14.3. The number of fused-ring (bicyclic) bond motifs is 2. The lowest BCUT2D eigenvalue weighted by Crippen LogP contribution is -2.54. The molecule has 190 valence electrons. The molecule has 37 heavy (non-hydrogen) atoms. The van der Waals surface area contributed by atoms with Gasteiger partial charge in [-0.3, -0.25) is 19.3 Å². The van der Waals surface area contributed by atoms with Crippen LogP contribution < -0.4 is 14.7 Å². The summed E-state index contributed by atoms with van der Waals surface area (Å²) in [4.78, 5) is 45.5. The summed E-state index contributed by atoms with van der Waals surface area (Å²) in [6.07, 6.45) is 1.66. The lowest BCUT2D eigenvalue weighted by Gasteiger charge is -2.33. The van der Waals surface area contributed by atoms with Crippen LogP contribution in [0.3, 0.4) is 0 Å². The Labute approximate surface area is 218 Å². The maximum Gasteiger partial charge on any atom is 0.282 e. The summed E-state index contributed by atoms with van der Waals surface area (Å²) >= 11 is 0. The van der Waals surface area contributed by atoms with E-state index < -0.39 is 0 Å². The Morgan fingerprint density at radius 3 is 1.81 bits per heavy atom. The van der Waals surface area contributed by atoms with Crippen LogP contribution in [-0.2, 0) is 27.2 Å². The molecule has 0 aromatic heterocycles. The highest BCUT2D eigenvalue weighted by Crippen LogP contribution is 2.29. The molecule has 0 unspecified atom stereocenters. The summed E-state index contributed by atoms with van der Waals surface area (Å²) in [5.41, 5.74) is 4.87. The summed E-state index contributed by atoms with van der Waals surface area (Å²) in [7, 11) is 3.78. The molecule has 2 heterocycles. The number of likely N-dealkylation sites (N-methyl/N-ethyl adjacent to an activating group) is 1. The molecule has 0 aliphatic carbocycles. The van der Waals surface area contributed by atoms with Crippen molar-refractivity contribution in [2.75, 3.05) is 61.5 Å². The van der Waals surface area contributed by atoms with Crippen molar-refractivity contribution in [1.82, 2.24) is 0 Å². The Morgan fingerprint density at radius 1 is 0.703 bits per heavy atom. The van der Waals surface area contributed by atoms with Gasteiger partial charge in [0.2, 0.25) is 5.91 Å². The number of benzene rings is 3. The van der Waals surface area contributed by atoms with Gasteiger partial charge in [-0.25, -0.2) is 0 Å². The van der Waals surface area contributed by atoms with Gasteiger partial charge < -0.3 is 14.3 Å². The molecule has 5 rings (SSSR count). The van der Waals surface area contributed by atoms with Gasteiger partial charge in [-0.1, -0.05) is 54.6 Å². The number of rotatable bonds is 7. The lowest BCUT2D eigenvalue weighted by molar-refractivity contribution is -0.874. The first-order valence-electron chi connectivity index (χ1n) is 12.8. The number of anilines is 3. The Morgan fingerprint density at radius 2 is 1.22 bits per heavy atom. The fourth-order valence-electron chi connectivity index (χ4n) is 5.31. The minimum Gasteiger partial charge on any atom is -0.313 e. The fraction of sp³-hybridized carbons (Fsp3) is 0.300. The van der Waals surface area contributed by atoms with Crippen LogP contribution in [0.4, 0.5) is 17.1 Å². The Hall–Kier alpha value is -3.97. The second-order valence-corrected chi connectivity index (χ2v) is 10.4. The van der Waals surface area contributed by atoms with E-state index in [1.807, 2.05) is 91.8 Å². The van der Waals surface area contributed by atoms with Crippen LogP contribution in [0.25, 0.3) is 0 Å². The van der Waals surface area contributed by atoms with Crippen molar-refractivity contribution in [3.05, 3.63) is 90.0 Å². The molecule has 0 N–H and O–H groups in total. The van der Waals surface area contributed by atoms with E-state index in [4.69, 9.17) is 0 Å². The molecule has 0 saturated heterocycles. The van der Waals surface area contributed by atoms with E-state index in [2.05, 4.69) is 6.07 Å². The smallest absolute Gasteiger partial charge is 0.282 e. The molecule has 0 radical (unpaired) electrons. The Balaban J connectivity index is 1.30. The van der Waals surface area contributed by atoms with Gasteiger partial charge in [0.15, 0.2) is 13.1 Å². The zero-order chi connectivity index (χ0) is 26.0. The van der Waals surface area contributed by atoms with E-state index in [-0.39, 0.29) is 41.8 Å². The Kier molecular flexibility index (Phi) is 6.80. The minimum atomic E-state index is -0.188. The first-order valence-corrected chi connectivity index (χ1v) is 12.8. The molecule has 3 aromatic rings. The van der Waals surface area contributed by atoms with Crippen LogP contribution >= 0.6 is 0 Å². The summed E-state index contributed by atoms with van der Waals surface area (Å²) < 4.78 is 0.195. The van der Waals surface area contributed by atoms with Gasteiger partial charge in [0.1, 0.15) is 6.54 Å².